The Balaban J connectivity index is 1.47. The lowest BCUT2D eigenvalue weighted by molar-refractivity contribution is 0.0494. The Morgan fingerprint density at radius 2 is 1.32 bits per heavy atom. The maximum absolute atomic E-state index is 12.9. The first kappa shape index (κ1) is 19.3. The van der Waals surface area contributed by atoms with Crippen LogP contribution in [0.4, 0.5) is 4.39 Å². The molecule has 5 heteroatoms. The average Bonchev–Trinajstić information content (AvgIpc) is 2.72. The van der Waals surface area contributed by atoms with Gasteiger partial charge in [-0.25, -0.2) is 9.18 Å². The van der Waals surface area contributed by atoms with Gasteiger partial charge in [-0.15, -0.1) is 0 Å². The van der Waals surface area contributed by atoms with Crippen LogP contribution in [0.2, 0.25) is 0 Å². The summed E-state index contributed by atoms with van der Waals surface area (Å²) >= 11 is 0. The van der Waals surface area contributed by atoms with Gasteiger partial charge >= 0.3 is 5.97 Å². The molecule has 0 unspecified atom stereocenters. The highest BCUT2D eigenvalue weighted by Crippen LogP contribution is 2.22. The van der Waals surface area contributed by atoms with Crippen LogP contribution in [-0.4, -0.2) is 23.5 Å². The van der Waals surface area contributed by atoms with Gasteiger partial charge in [0.1, 0.15) is 11.6 Å². The third-order valence-corrected chi connectivity index (χ3v) is 4.27. The summed E-state index contributed by atoms with van der Waals surface area (Å²) in [4.78, 5) is 24.1. The number of hydrogen-bond donors (Lipinski definition) is 1. The standard InChI is InChI=1S/C23H19FO4/c24-20-11-7-18(8-12-20)22(26)2-1-15-28-23(27)19-5-3-16(4-6-19)17-9-13-21(25)14-10-17/h3-14,25H,1-2,15H2. The van der Waals surface area contributed by atoms with Crippen molar-refractivity contribution in [3.63, 3.8) is 0 Å². The smallest absolute Gasteiger partial charge is 0.338 e. The van der Waals surface area contributed by atoms with Crippen molar-refractivity contribution in [2.75, 3.05) is 6.61 Å². The number of phenolic OH excluding ortho intramolecular Hbond substituents is 1. The minimum absolute atomic E-state index is 0.116. The fourth-order valence-corrected chi connectivity index (χ4v) is 2.71. The molecule has 0 heterocycles. The van der Waals surface area contributed by atoms with E-state index in [1.54, 1.807) is 48.5 Å². The van der Waals surface area contributed by atoms with E-state index in [1.165, 1.54) is 24.3 Å². The summed E-state index contributed by atoms with van der Waals surface area (Å²) in [6.07, 6.45) is 0.617. The van der Waals surface area contributed by atoms with Gasteiger partial charge in [0.15, 0.2) is 5.78 Å². The van der Waals surface area contributed by atoms with Gasteiger partial charge < -0.3 is 9.84 Å². The van der Waals surface area contributed by atoms with Crippen LogP contribution in [0.1, 0.15) is 33.6 Å². The largest absolute Gasteiger partial charge is 0.508 e. The van der Waals surface area contributed by atoms with Crippen molar-refractivity contribution >= 4 is 11.8 Å². The highest BCUT2D eigenvalue weighted by Gasteiger charge is 2.09. The molecule has 0 fully saturated rings. The maximum Gasteiger partial charge on any atom is 0.338 e. The number of rotatable bonds is 7. The van der Waals surface area contributed by atoms with E-state index in [1.807, 2.05) is 0 Å². The second kappa shape index (κ2) is 8.95. The van der Waals surface area contributed by atoms with Crippen LogP contribution in [0.25, 0.3) is 11.1 Å². The zero-order valence-corrected chi connectivity index (χ0v) is 15.1. The number of hydrogen-bond acceptors (Lipinski definition) is 4. The lowest BCUT2D eigenvalue weighted by Gasteiger charge is -2.06. The van der Waals surface area contributed by atoms with E-state index in [0.717, 1.165) is 11.1 Å². The predicted molar refractivity (Wildman–Crippen MR) is 104 cm³/mol. The van der Waals surface area contributed by atoms with Crippen LogP contribution in [0.3, 0.4) is 0 Å². The Labute approximate surface area is 162 Å². The molecular formula is C23H19FO4. The highest BCUT2D eigenvalue weighted by molar-refractivity contribution is 5.96. The Morgan fingerprint density at radius 1 is 0.786 bits per heavy atom. The van der Waals surface area contributed by atoms with Crippen molar-refractivity contribution < 1.29 is 23.8 Å². The second-order valence-electron chi connectivity index (χ2n) is 6.29. The molecule has 142 valence electrons. The van der Waals surface area contributed by atoms with E-state index in [0.29, 0.717) is 17.5 Å². The number of benzene rings is 3. The lowest BCUT2D eigenvalue weighted by Crippen LogP contribution is -2.08. The second-order valence-corrected chi connectivity index (χ2v) is 6.29. The van der Waals surface area contributed by atoms with E-state index in [4.69, 9.17) is 4.74 Å². The molecule has 0 amide bonds. The Kier molecular flexibility index (Phi) is 6.17. The minimum Gasteiger partial charge on any atom is -0.508 e. The monoisotopic (exact) mass is 378 g/mol. The van der Waals surface area contributed by atoms with Crippen molar-refractivity contribution in [1.29, 1.82) is 0 Å². The Hall–Kier alpha value is -3.47. The summed E-state index contributed by atoms with van der Waals surface area (Å²) in [7, 11) is 0. The summed E-state index contributed by atoms with van der Waals surface area (Å²) < 4.78 is 18.1. The highest BCUT2D eigenvalue weighted by atomic mass is 19.1. The lowest BCUT2D eigenvalue weighted by atomic mass is 10.0. The molecule has 0 radical (unpaired) electrons. The average molecular weight is 378 g/mol. The van der Waals surface area contributed by atoms with Crippen LogP contribution in [-0.2, 0) is 4.74 Å². The van der Waals surface area contributed by atoms with E-state index < -0.39 is 5.97 Å². The van der Waals surface area contributed by atoms with E-state index >= 15 is 0 Å². The molecule has 3 rings (SSSR count). The van der Waals surface area contributed by atoms with Crippen LogP contribution in [0.15, 0.2) is 72.8 Å². The molecule has 0 bridgehead atoms. The first-order valence-electron chi connectivity index (χ1n) is 8.88. The van der Waals surface area contributed by atoms with Crippen LogP contribution in [0.5, 0.6) is 5.75 Å². The number of aromatic hydroxyl groups is 1. The maximum atomic E-state index is 12.9. The van der Waals surface area contributed by atoms with Gasteiger partial charge in [-0.05, 0) is 66.1 Å². The summed E-state index contributed by atoms with van der Waals surface area (Å²) in [6.45, 7) is 0.130. The van der Waals surface area contributed by atoms with Crippen LogP contribution in [0, 0.1) is 5.82 Å². The number of carbonyl (C=O) groups is 2. The number of halogens is 1. The molecule has 3 aromatic rings. The van der Waals surface area contributed by atoms with Gasteiger partial charge in [0.2, 0.25) is 0 Å². The molecule has 4 nitrogen and oxygen atoms in total. The van der Waals surface area contributed by atoms with Crippen LogP contribution >= 0.6 is 0 Å². The molecule has 0 aliphatic carbocycles. The van der Waals surface area contributed by atoms with Gasteiger partial charge in [0.25, 0.3) is 0 Å². The van der Waals surface area contributed by atoms with Crippen molar-refractivity contribution in [3.8, 4) is 16.9 Å². The fourth-order valence-electron chi connectivity index (χ4n) is 2.71. The number of phenols is 1. The number of ether oxygens (including phenoxy) is 1. The fraction of sp³-hybridized carbons (Fsp3) is 0.130. The zero-order chi connectivity index (χ0) is 19.9. The van der Waals surface area contributed by atoms with Gasteiger partial charge in [0.05, 0.1) is 12.2 Å². The van der Waals surface area contributed by atoms with Gasteiger partial charge in [-0.3, -0.25) is 4.79 Å². The SMILES string of the molecule is O=C(CCCOC(=O)c1ccc(-c2ccc(O)cc2)cc1)c1ccc(F)cc1. The Morgan fingerprint density at radius 3 is 1.93 bits per heavy atom. The number of Topliss-reactive ketones (excluding diaryl/α,β-unsaturated/α-hetero) is 1. The topological polar surface area (TPSA) is 63.6 Å². The van der Waals surface area contributed by atoms with Crippen molar-refractivity contribution in [3.05, 3.63) is 89.7 Å². The van der Waals surface area contributed by atoms with E-state index in [-0.39, 0.29) is 30.4 Å². The number of esters is 1. The molecule has 0 aliphatic rings. The zero-order valence-electron chi connectivity index (χ0n) is 15.1. The summed E-state index contributed by atoms with van der Waals surface area (Å²) in [6, 6.07) is 19.1. The molecule has 0 atom stereocenters. The normalized spacial score (nSPS) is 10.5. The first-order valence-corrected chi connectivity index (χ1v) is 8.88. The molecule has 0 spiro atoms. The van der Waals surface area contributed by atoms with Crippen molar-refractivity contribution in [1.82, 2.24) is 0 Å². The van der Waals surface area contributed by atoms with Gasteiger partial charge in [-0.1, -0.05) is 24.3 Å². The molecule has 0 saturated carbocycles. The van der Waals surface area contributed by atoms with Gasteiger partial charge in [0, 0.05) is 12.0 Å². The Bertz CT molecular complexity index is 945. The van der Waals surface area contributed by atoms with E-state index in [2.05, 4.69) is 0 Å². The third kappa shape index (κ3) is 5.04. The summed E-state index contributed by atoms with van der Waals surface area (Å²) in [5, 5.41) is 9.34. The molecule has 0 aromatic heterocycles. The molecule has 1 N–H and O–H groups in total. The van der Waals surface area contributed by atoms with Gasteiger partial charge in [-0.2, -0.15) is 0 Å². The van der Waals surface area contributed by atoms with Crippen molar-refractivity contribution in [2.24, 2.45) is 0 Å². The van der Waals surface area contributed by atoms with Crippen LogP contribution < -0.4 is 0 Å². The molecule has 3 aromatic carbocycles. The summed E-state index contributed by atoms with van der Waals surface area (Å²) in [5.41, 5.74) is 2.71. The third-order valence-electron chi connectivity index (χ3n) is 4.27. The van der Waals surface area contributed by atoms with E-state index in [9.17, 15) is 19.1 Å². The molecule has 0 aliphatic heterocycles. The van der Waals surface area contributed by atoms with Crippen molar-refractivity contribution in [2.45, 2.75) is 12.8 Å². The molecule has 28 heavy (non-hydrogen) atoms. The molecule has 0 saturated heterocycles. The number of ketones is 1. The number of carbonyl (C=O) groups excluding carboxylic acids is 2. The first-order chi connectivity index (χ1) is 13.5. The minimum atomic E-state index is -0.452. The molecular weight excluding hydrogens is 359 g/mol. The summed E-state index contributed by atoms with van der Waals surface area (Å²) in [5.74, 6) is -0.760. The quantitative estimate of drug-likeness (QED) is 0.356. The predicted octanol–water partition coefficient (Wildman–Crippen LogP) is 5.02.